The third-order valence-electron chi connectivity index (χ3n) is 3.82. The molecular weight excluding hydrogens is 258 g/mol. The summed E-state index contributed by atoms with van der Waals surface area (Å²) < 4.78 is 33.1. The number of hydrogen-bond acceptors (Lipinski definition) is 1. The van der Waals surface area contributed by atoms with Crippen LogP contribution in [0.4, 0.5) is 8.78 Å². The van der Waals surface area contributed by atoms with E-state index in [1.54, 1.807) is 13.0 Å². The first-order valence-corrected chi connectivity index (χ1v) is 6.80. The maximum absolute atomic E-state index is 14.1. The number of halogens is 2. The van der Waals surface area contributed by atoms with Crippen LogP contribution in [0.15, 0.2) is 24.5 Å². The second kappa shape index (κ2) is 6.87. The second-order valence-corrected chi connectivity index (χ2v) is 5.54. The quantitative estimate of drug-likeness (QED) is 0.614. The number of hydrogen-bond donors (Lipinski definition) is 0. The van der Waals surface area contributed by atoms with Crippen molar-refractivity contribution in [2.24, 2.45) is 5.92 Å². The molecule has 1 saturated carbocycles. The Labute approximate surface area is 122 Å². The van der Waals surface area contributed by atoms with Gasteiger partial charge in [0, 0.05) is 1.43 Å². The second-order valence-electron chi connectivity index (χ2n) is 5.54. The lowest BCUT2D eigenvalue weighted by Gasteiger charge is -2.27. The third kappa shape index (κ3) is 3.59. The minimum Gasteiger partial charge on any atom is -0.459 e. The van der Waals surface area contributed by atoms with Gasteiger partial charge in [-0.3, -0.25) is 0 Å². The highest BCUT2D eigenvalue weighted by molar-refractivity contribution is 5.34. The molecule has 0 radical (unpaired) electrons. The van der Waals surface area contributed by atoms with Crippen molar-refractivity contribution < 1.29 is 14.9 Å². The first kappa shape index (κ1) is 16.7. The normalized spacial score (nSPS) is 22.0. The molecule has 0 aliphatic heterocycles. The number of benzene rings is 1. The van der Waals surface area contributed by atoms with Crippen LogP contribution in [-0.4, -0.2) is 0 Å². The van der Waals surface area contributed by atoms with E-state index >= 15 is 0 Å². The molecule has 0 spiro atoms. The molecule has 0 N–H and O–H groups in total. The molecule has 0 heterocycles. The predicted octanol–water partition coefficient (Wildman–Crippen LogP) is 6.05. The SMILES string of the molecule is C.C=C(C)Oc1ccc(C2CCC(C)CC2)c(F)c1F.[HH]. The molecular formula is C17H26F2O. The standard InChI is InChI=1S/C16H20F2O.CH4.H2/c1-10(2)19-14-9-8-13(15(17)16(14)18)12-6-4-11(3)5-7-12;;/h8-9,11-12H,1,4-7H2,2-3H3;1H4;1H. The molecule has 1 aromatic rings. The Hall–Kier alpha value is -1.38. The lowest BCUT2D eigenvalue weighted by Crippen LogP contribution is -2.13. The van der Waals surface area contributed by atoms with Crippen LogP contribution in [0.3, 0.4) is 0 Å². The zero-order valence-electron chi connectivity index (χ0n) is 11.5. The fourth-order valence-electron chi connectivity index (χ4n) is 2.70. The summed E-state index contributed by atoms with van der Waals surface area (Å²) in [5, 5.41) is 0. The maximum Gasteiger partial charge on any atom is 0.201 e. The molecule has 1 aromatic carbocycles. The summed E-state index contributed by atoms with van der Waals surface area (Å²) in [5.41, 5.74) is 0.485. The first-order chi connectivity index (χ1) is 8.99. The van der Waals surface area contributed by atoms with Crippen LogP contribution in [0, 0.1) is 17.6 Å². The lowest BCUT2D eigenvalue weighted by molar-refractivity contribution is 0.334. The van der Waals surface area contributed by atoms with Gasteiger partial charge in [-0.2, -0.15) is 4.39 Å². The lowest BCUT2D eigenvalue weighted by atomic mass is 9.79. The van der Waals surface area contributed by atoms with E-state index in [1.807, 2.05) is 0 Å². The summed E-state index contributed by atoms with van der Waals surface area (Å²) in [4.78, 5) is 0. The van der Waals surface area contributed by atoms with Gasteiger partial charge in [0.2, 0.25) is 5.82 Å². The largest absolute Gasteiger partial charge is 0.459 e. The fraction of sp³-hybridized carbons (Fsp3) is 0.529. The topological polar surface area (TPSA) is 9.23 Å². The molecule has 114 valence electrons. The van der Waals surface area contributed by atoms with Crippen LogP contribution >= 0.6 is 0 Å². The van der Waals surface area contributed by atoms with Gasteiger partial charge >= 0.3 is 0 Å². The molecule has 0 bridgehead atoms. The monoisotopic (exact) mass is 284 g/mol. The van der Waals surface area contributed by atoms with Crippen molar-refractivity contribution in [2.75, 3.05) is 0 Å². The highest BCUT2D eigenvalue weighted by Gasteiger charge is 2.25. The van der Waals surface area contributed by atoms with Gasteiger partial charge in [0.05, 0.1) is 5.76 Å². The Kier molecular flexibility index (Phi) is 5.73. The molecule has 1 nitrogen and oxygen atoms in total. The van der Waals surface area contributed by atoms with Crippen molar-refractivity contribution in [3.63, 3.8) is 0 Å². The van der Waals surface area contributed by atoms with E-state index in [-0.39, 0.29) is 20.5 Å². The highest BCUT2D eigenvalue weighted by atomic mass is 19.2. The van der Waals surface area contributed by atoms with E-state index in [0.717, 1.165) is 25.7 Å². The van der Waals surface area contributed by atoms with Gasteiger partial charge in [0.15, 0.2) is 11.6 Å². The summed E-state index contributed by atoms with van der Waals surface area (Å²) in [7, 11) is 0. The molecule has 0 amide bonds. The molecule has 0 saturated heterocycles. The van der Waals surface area contributed by atoms with E-state index in [4.69, 9.17) is 4.74 Å². The summed E-state index contributed by atoms with van der Waals surface area (Å²) in [6.07, 6.45) is 4.02. The van der Waals surface area contributed by atoms with Crippen molar-refractivity contribution in [3.05, 3.63) is 41.7 Å². The van der Waals surface area contributed by atoms with Gasteiger partial charge < -0.3 is 4.74 Å². The van der Waals surface area contributed by atoms with Crippen molar-refractivity contribution in [1.82, 2.24) is 0 Å². The average Bonchev–Trinajstić information content (AvgIpc) is 2.36. The van der Waals surface area contributed by atoms with Crippen molar-refractivity contribution in [2.45, 2.75) is 52.9 Å². The number of rotatable bonds is 3. The smallest absolute Gasteiger partial charge is 0.201 e. The Morgan fingerprint density at radius 2 is 1.80 bits per heavy atom. The van der Waals surface area contributed by atoms with Crippen LogP contribution < -0.4 is 4.74 Å². The Morgan fingerprint density at radius 3 is 2.35 bits per heavy atom. The summed E-state index contributed by atoms with van der Waals surface area (Å²) >= 11 is 0. The molecule has 1 aliphatic rings. The molecule has 0 unspecified atom stereocenters. The minimum absolute atomic E-state index is 0. The summed E-state index contributed by atoms with van der Waals surface area (Å²) in [6, 6.07) is 3.15. The van der Waals surface area contributed by atoms with Gasteiger partial charge in [0.25, 0.3) is 0 Å². The van der Waals surface area contributed by atoms with Crippen LogP contribution in [0.2, 0.25) is 0 Å². The van der Waals surface area contributed by atoms with Gasteiger partial charge in [-0.15, -0.1) is 0 Å². The zero-order valence-corrected chi connectivity index (χ0v) is 11.5. The Balaban J connectivity index is 0.00000200. The zero-order chi connectivity index (χ0) is 14.0. The number of ether oxygens (including phenoxy) is 1. The van der Waals surface area contributed by atoms with Crippen LogP contribution in [0.5, 0.6) is 5.75 Å². The molecule has 20 heavy (non-hydrogen) atoms. The summed E-state index contributed by atoms with van der Waals surface area (Å²) in [6.45, 7) is 7.34. The predicted molar refractivity (Wildman–Crippen MR) is 81.0 cm³/mol. The summed E-state index contributed by atoms with van der Waals surface area (Å²) in [5.74, 6) is -0.590. The van der Waals surface area contributed by atoms with Crippen LogP contribution in [0.25, 0.3) is 0 Å². The number of allylic oxidation sites excluding steroid dienone is 1. The fourth-order valence-corrected chi connectivity index (χ4v) is 2.70. The molecule has 3 heteroatoms. The molecule has 0 atom stereocenters. The van der Waals surface area contributed by atoms with Gasteiger partial charge in [-0.1, -0.05) is 39.8 Å². The first-order valence-electron chi connectivity index (χ1n) is 6.80. The van der Waals surface area contributed by atoms with E-state index in [2.05, 4.69) is 13.5 Å². The van der Waals surface area contributed by atoms with E-state index in [0.29, 0.717) is 17.2 Å². The molecule has 0 aromatic heterocycles. The Bertz CT molecular complexity index is 480. The van der Waals surface area contributed by atoms with Gasteiger partial charge in [-0.25, -0.2) is 4.39 Å². The molecule has 1 fully saturated rings. The van der Waals surface area contributed by atoms with Crippen LogP contribution in [-0.2, 0) is 0 Å². The molecule has 2 rings (SSSR count). The van der Waals surface area contributed by atoms with Gasteiger partial charge in [0.1, 0.15) is 0 Å². The molecule has 1 aliphatic carbocycles. The van der Waals surface area contributed by atoms with E-state index in [9.17, 15) is 8.78 Å². The minimum atomic E-state index is -0.904. The van der Waals surface area contributed by atoms with Crippen molar-refractivity contribution in [1.29, 1.82) is 0 Å². The van der Waals surface area contributed by atoms with Crippen LogP contribution in [0.1, 0.15) is 59.9 Å². The average molecular weight is 284 g/mol. The van der Waals surface area contributed by atoms with Gasteiger partial charge in [-0.05, 0) is 43.2 Å². The third-order valence-corrected chi connectivity index (χ3v) is 3.82. The van der Waals surface area contributed by atoms with E-state index in [1.165, 1.54) is 6.07 Å². The van der Waals surface area contributed by atoms with E-state index < -0.39 is 11.6 Å². The highest BCUT2D eigenvalue weighted by Crippen LogP contribution is 2.38. The van der Waals surface area contributed by atoms with Crippen molar-refractivity contribution >= 4 is 0 Å². The maximum atomic E-state index is 14.1. The Morgan fingerprint density at radius 1 is 1.20 bits per heavy atom. The van der Waals surface area contributed by atoms with Crippen molar-refractivity contribution in [3.8, 4) is 5.75 Å².